The number of rotatable bonds is 3. The molecular formula is C15H11BrFNO3. The molecule has 1 aliphatic carbocycles. The number of carbonyl (C=O) groups is 1. The summed E-state index contributed by atoms with van der Waals surface area (Å²) in [6.07, 6.45) is 2.62. The fourth-order valence-corrected chi connectivity index (χ4v) is 2.69. The molecule has 4 nitrogen and oxygen atoms in total. The van der Waals surface area contributed by atoms with Crippen LogP contribution in [0.15, 0.2) is 28.7 Å². The topological polar surface area (TPSA) is 59.4 Å². The fraction of sp³-hybridized carbons (Fsp3) is 0.200. The molecule has 0 saturated heterocycles. The molecule has 0 saturated carbocycles. The highest BCUT2D eigenvalue weighted by molar-refractivity contribution is 9.10. The molecule has 1 aromatic heterocycles. The number of ether oxygens (including phenoxy) is 1. The third-order valence-corrected chi connectivity index (χ3v) is 3.96. The van der Waals surface area contributed by atoms with Gasteiger partial charge in [0.15, 0.2) is 0 Å². The predicted molar refractivity (Wildman–Crippen MR) is 77.4 cm³/mol. The number of hydrogen-bond donors (Lipinski definition) is 1. The molecular weight excluding hydrogens is 341 g/mol. The minimum absolute atomic E-state index is 0.0242. The van der Waals surface area contributed by atoms with Crippen molar-refractivity contribution in [1.82, 2.24) is 4.98 Å². The Bertz CT molecular complexity index is 733. The fourth-order valence-electron chi connectivity index (χ4n) is 2.34. The number of aryl methyl sites for hydroxylation is 2. The molecule has 108 valence electrons. The average Bonchev–Trinajstić information content (AvgIpc) is 2.89. The Balaban J connectivity index is 2.01. The van der Waals surface area contributed by atoms with Gasteiger partial charge in [-0.05, 0) is 65.0 Å². The average molecular weight is 352 g/mol. The van der Waals surface area contributed by atoms with Crippen LogP contribution >= 0.6 is 15.9 Å². The third kappa shape index (κ3) is 2.76. The van der Waals surface area contributed by atoms with E-state index < -0.39 is 11.8 Å². The van der Waals surface area contributed by atoms with Crippen LogP contribution < -0.4 is 4.74 Å². The molecule has 1 aliphatic rings. The zero-order valence-corrected chi connectivity index (χ0v) is 12.5. The van der Waals surface area contributed by atoms with Crippen molar-refractivity contribution in [2.45, 2.75) is 19.3 Å². The number of hydrogen-bond acceptors (Lipinski definition) is 3. The maximum Gasteiger partial charge on any atom is 0.341 e. The van der Waals surface area contributed by atoms with Gasteiger partial charge in [-0.1, -0.05) is 0 Å². The van der Waals surface area contributed by atoms with Crippen molar-refractivity contribution >= 4 is 21.9 Å². The second-order valence-corrected chi connectivity index (χ2v) is 5.64. The molecule has 2 aromatic rings. The van der Waals surface area contributed by atoms with Gasteiger partial charge in [0.1, 0.15) is 17.1 Å². The highest BCUT2D eigenvalue weighted by atomic mass is 79.9. The van der Waals surface area contributed by atoms with E-state index in [1.807, 2.05) is 0 Å². The van der Waals surface area contributed by atoms with Crippen LogP contribution in [0, 0.1) is 5.82 Å². The molecule has 1 N–H and O–H groups in total. The molecule has 0 amide bonds. The van der Waals surface area contributed by atoms with E-state index >= 15 is 0 Å². The quantitative estimate of drug-likeness (QED) is 0.908. The van der Waals surface area contributed by atoms with Gasteiger partial charge in [0.25, 0.3) is 0 Å². The first-order valence-electron chi connectivity index (χ1n) is 6.43. The van der Waals surface area contributed by atoms with Gasteiger partial charge in [-0.25, -0.2) is 14.2 Å². The molecule has 0 atom stereocenters. The van der Waals surface area contributed by atoms with E-state index in [9.17, 15) is 14.3 Å². The molecule has 0 spiro atoms. The number of carboxylic acids is 1. The number of benzene rings is 1. The van der Waals surface area contributed by atoms with E-state index in [0.717, 1.165) is 30.5 Å². The largest absolute Gasteiger partial charge is 0.477 e. The van der Waals surface area contributed by atoms with E-state index in [0.29, 0.717) is 5.75 Å². The number of aromatic nitrogens is 1. The summed E-state index contributed by atoms with van der Waals surface area (Å²) >= 11 is 3.06. The van der Waals surface area contributed by atoms with Crippen LogP contribution in [-0.4, -0.2) is 16.1 Å². The number of halogens is 2. The van der Waals surface area contributed by atoms with Gasteiger partial charge < -0.3 is 9.84 Å². The predicted octanol–water partition coefficient (Wildman–Crippen LogP) is 3.96. The summed E-state index contributed by atoms with van der Waals surface area (Å²) in [7, 11) is 0. The van der Waals surface area contributed by atoms with Crippen LogP contribution in [0.25, 0.3) is 0 Å². The van der Waals surface area contributed by atoms with Gasteiger partial charge in [-0.15, -0.1) is 0 Å². The first-order valence-corrected chi connectivity index (χ1v) is 7.23. The second kappa shape index (κ2) is 5.44. The number of carboxylic acid groups (broad SMARTS) is 1. The highest BCUT2D eigenvalue weighted by Crippen LogP contribution is 2.31. The maximum atomic E-state index is 13.2. The zero-order chi connectivity index (χ0) is 15.0. The Hall–Kier alpha value is -1.95. The Kier molecular flexibility index (Phi) is 3.63. The van der Waals surface area contributed by atoms with Crippen LogP contribution in [0.4, 0.5) is 4.39 Å². The number of pyridine rings is 1. The second-order valence-electron chi connectivity index (χ2n) is 4.78. The van der Waals surface area contributed by atoms with Gasteiger partial charge in [0.05, 0.1) is 4.47 Å². The Morgan fingerprint density at radius 1 is 1.33 bits per heavy atom. The summed E-state index contributed by atoms with van der Waals surface area (Å²) < 4.78 is 19.0. The molecule has 0 fully saturated rings. The molecule has 0 bridgehead atoms. The summed E-state index contributed by atoms with van der Waals surface area (Å²) in [6.45, 7) is 0. The van der Waals surface area contributed by atoms with Crippen LogP contribution in [0.2, 0.25) is 0 Å². The lowest BCUT2D eigenvalue weighted by Crippen LogP contribution is -2.05. The van der Waals surface area contributed by atoms with Crippen molar-refractivity contribution in [1.29, 1.82) is 0 Å². The Morgan fingerprint density at radius 3 is 2.86 bits per heavy atom. The van der Waals surface area contributed by atoms with E-state index in [2.05, 4.69) is 20.9 Å². The molecule has 3 rings (SSSR count). The van der Waals surface area contributed by atoms with Crippen molar-refractivity contribution in [3.8, 4) is 11.6 Å². The molecule has 0 aliphatic heterocycles. The summed E-state index contributed by atoms with van der Waals surface area (Å²) in [5.41, 5.74) is 1.85. The summed E-state index contributed by atoms with van der Waals surface area (Å²) in [6, 6.07) is 5.73. The van der Waals surface area contributed by atoms with Gasteiger partial charge in [0, 0.05) is 5.69 Å². The number of nitrogens with zero attached hydrogens (tertiary/aromatic N) is 1. The summed E-state index contributed by atoms with van der Waals surface area (Å²) in [5.74, 6) is -1.13. The standard InChI is InChI=1S/C15H11BrFNO3/c16-11-7-9(4-5-12(11)17)21-14-10(15(19)20)6-8-2-1-3-13(8)18-14/h4-7H,1-3H2,(H,19,20). The Morgan fingerprint density at radius 2 is 2.14 bits per heavy atom. The minimum Gasteiger partial charge on any atom is -0.477 e. The highest BCUT2D eigenvalue weighted by Gasteiger charge is 2.21. The van der Waals surface area contributed by atoms with E-state index in [1.54, 1.807) is 6.07 Å². The van der Waals surface area contributed by atoms with Crippen LogP contribution in [-0.2, 0) is 12.8 Å². The number of aromatic carboxylic acids is 1. The van der Waals surface area contributed by atoms with Crippen molar-refractivity contribution < 1.29 is 19.0 Å². The molecule has 0 radical (unpaired) electrons. The minimum atomic E-state index is -1.09. The molecule has 0 unspecified atom stereocenters. The van der Waals surface area contributed by atoms with Gasteiger partial charge in [-0.2, -0.15) is 0 Å². The number of fused-ring (bicyclic) bond motifs is 1. The van der Waals surface area contributed by atoms with Crippen molar-refractivity contribution in [3.63, 3.8) is 0 Å². The van der Waals surface area contributed by atoms with E-state index in [1.165, 1.54) is 18.2 Å². The van der Waals surface area contributed by atoms with Crippen molar-refractivity contribution in [2.24, 2.45) is 0 Å². The van der Waals surface area contributed by atoms with Crippen molar-refractivity contribution in [3.05, 3.63) is 51.4 Å². The summed E-state index contributed by atoms with van der Waals surface area (Å²) in [4.78, 5) is 15.7. The summed E-state index contributed by atoms with van der Waals surface area (Å²) in [5, 5.41) is 9.28. The van der Waals surface area contributed by atoms with E-state index in [4.69, 9.17) is 4.74 Å². The van der Waals surface area contributed by atoms with Crippen LogP contribution in [0.3, 0.4) is 0 Å². The Labute approximate surface area is 128 Å². The zero-order valence-electron chi connectivity index (χ0n) is 10.9. The first kappa shape index (κ1) is 14.0. The first-order chi connectivity index (χ1) is 10.0. The normalized spacial score (nSPS) is 13.0. The van der Waals surface area contributed by atoms with E-state index in [-0.39, 0.29) is 15.9 Å². The van der Waals surface area contributed by atoms with Crippen molar-refractivity contribution in [2.75, 3.05) is 0 Å². The lowest BCUT2D eigenvalue weighted by molar-refractivity contribution is 0.0693. The lowest BCUT2D eigenvalue weighted by atomic mass is 10.1. The molecule has 1 heterocycles. The molecule has 6 heteroatoms. The maximum absolute atomic E-state index is 13.2. The SMILES string of the molecule is O=C(O)c1cc2c(nc1Oc1ccc(F)c(Br)c1)CCC2. The lowest BCUT2D eigenvalue weighted by Gasteiger charge is -2.10. The van der Waals surface area contributed by atoms with Gasteiger partial charge >= 0.3 is 5.97 Å². The van der Waals surface area contributed by atoms with Gasteiger partial charge in [0.2, 0.25) is 5.88 Å². The van der Waals surface area contributed by atoms with Crippen LogP contribution in [0.1, 0.15) is 28.0 Å². The third-order valence-electron chi connectivity index (χ3n) is 3.35. The molecule has 1 aromatic carbocycles. The molecule has 21 heavy (non-hydrogen) atoms. The van der Waals surface area contributed by atoms with Gasteiger partial charge in [-0.3, -0.25) is 0 Å². The monoisotopic (exact) mass is 351 g/mol. The smallest absolute Gasteiger partial charge is 0.341 e. The van der Waals surface area contributed by atoms with Crippen LogP contribution in [0.5, 0.6) is 11.6 Å².